The van der Waals surface area contributed by atoms with Crippen LogP contribution in [-0.4, -0.2) is 89.0 Å². The minimum atomic E-state index is -0.809. The summed E-state index contributed by atoms with van der Waals surface area (Å²) in [7, 11) is 0. The van der Waals surface area contributed by atoms with Gasteiger partial charge in [0.15, 0.2) is 0 Å². The monoisotopic (exact) mass is 766 g/mol. The lowest BCUT2D eigenvalue weighted by Crippen LogP contribution is -2.41. The Bertz CT molecular complexity index is 717. The summed E-state index contributed by atoms with van der Waals surface area (Å²) in [5.74, 6) is -0.993. The van der Waals surface area contributed by atoms with Gasteiger partial charge in [-0.05, 0) is 67.8 Å². The second-order valence-corrected chi connectivity index (χ2v) is 8.98. The molecule has 0 aliphatic heterocycles. The number of carbonyl (C=O) groups excluding carboxylic acids is 2. The topological polar surface area (TPSA) is 211 Å². The third-order valence-corrected chi connectivity index (χ3v) is 6.77. The number of halogens is 3. The number of rotatable bonds is 9. The number of amides is 2. The molecule has 0 aromatic heterocycles. The molecule has 0 fully saturated rings. The molecule has 2 amide bonds. The van der Waals surface area contributed by atoms with E-state index in [4.69, 9.17) is 37.0 Å². The second kappa shape index (κ2) is 15.7. The van der Waals surface area contributed by atoms with Gasteiger partial charge in [0.2, 0.25) is 0 Å². The van der Waals surface area contributed by atoms with Crippen LogP contribution in [-0.2, 0) is 0 Å². The van der Waals surface area contributed by atoms with E-state index in [1.165, 1.54) is 0 Å². The fourth-order valence-corrected chi connectivity index (χ4v) is 5.95. The van der Waals surface area contributed by atoms with Gasteiger partial charge in [-0.25, -0.2) is 0 Å². The first-order chi connectivity index (χ1) is 14.1. The Morgan fingerprint density at radius 2 is 1.30 bits per heavy atom. The van der Waals surface area contributed by atoms with Gasteiger partial charge >= 0.3 is 0 Å². The molecule has 0 spiro atoms. The van der Waals surface area contributed by atoms with Crippen LogP contribution in [0.25, 0.3) is 0 Å². The molecule has 0 atom stereocenters. The first-order valence-corrected chi connectivity index (χ1v) is 11.7. The zero-order valence-electron chi connectivity index (χ0n) is 15.7. The maximum Gasteiger partial charge on any atom is 0.253 e. The van der Waals surface area contributed by atoms with Crippen LogP contribution >= 0.6 is 67.8 Å². The third-order valence-electron chi connectivity index (χ3n) is 3.45. The minimum absolute atomic E-state index is 0.0789. The molecular weight excluding hydrogens is 741 g/mol. The molecule has 0 aliphatic carbocycles. The normalized spacial score (nSPS) is 10.6. The number of aliphatic hydroxyl groups excluding tert-OH is 5. The Balaban J connectivity index is 0.00000122. The highest BCUT2D eigenvalue weighted by atomic mass is 127. The van der Waals surface area contributed by atoms with Crippen molar-refractivity contribution in [3.63, 3.8) is 0 Å². The van der Waals surface area contributed by atoms with Crippen LogP contribution in [0.5, 0.6) is 0 Å². The van der Waals surface area contributed by atoms with Crippen molar-refractivity contribution in [3.8, 4) is 0 Å². The summed E-state index contributed by atoms with van der Waals surface area (Å²) < 4.78 is 1.39. The molecule has 0 saturated carbocycles. The largest absolute Gasteiger partial charge is 0.397 e. The SMILES string of the molecule is NC(CO)CO.Nc1c(I)c(C(=O)NCCO)c(I)c(C(=O)NC(CO)CO)c1I. The average Bonchev–Trinajstić information content (AvgIpc) is 2.74. The van der Waals surface area contributed by atoms with Gasteiger partial charge in [-0.1, -0.05) is 0 Å². The van der Waals surface area contributed by atoms with Crippen LogP contribution in [0.2, 0.25) is 0 Å². The number of benzene rings is 1. The number of nitrogens with two attached hydrogens (primary N) is 2. The van der Waals surface area contributed by atoms with Gasteiger partial charge in [0, 0.05) is 10.1 Å². The van der Waals surface area contributed by atoms with E-state index in [0.29, 0.717) is 16.4 Å². The second-order valence-electron chi connectivity index (χ2n) is 5.75. The molecule has 30 heavy (non-hydrogen) atoms. The average molecular weight is 766 g/mol. The van der Waals surface area contributed by atoms with Gasteiger partial charge in [0.1, 0.15) is 0 Å². The van der Waals surface area contributed by atoms with Crippen LogP contribution in [0.15, 0.2) is 0 Å². The van der Waals surface area contributed by atoms with Gasteiger partial charge in [0.05, 0.1) is 69.1 Å². The van der Waals surface area contributed by atoms with Crippen molar-refractivity contribution >= 4 is 85.3 Å². The fourth-order valence-electron chi connectivity index (χ4n) is 1.80. The Morgan fingerprint density at radius 1 is 0.833 bits per heavy atom. The molecule has 11 N–H and O–H groups in total. The summed E-state index contributed by atoms with van der Waals surface area (Å²) in [6, 6.07) is -1.26. The van der Waals surface area contributed by atoms with E-state index in [-0.39, 0.29) is 37.5 Å². The molecule has 0 bridgehead atoms. The van der Waals surface area contributed by atoms with E-state index in [0.717, 1.165) is 0 Å². The first kappa shape index (κ1) is 29.9. The number of anilines is 1. The maximum absolute atomic E-state index is 12.5. The Labute approximate surface area is 214 Å². The summed E-state index contributed by atoms with van der Waals surface area (Å²) >= 11 is 5.74. The van der Waals surface area contributed by atoms with Crippen molar-refractivity contribution in [2.24, 2.45) is 5.73 Å². The van der Waals surface area contributed by atoms with E-state index in [2.05, 4.69) is 10.6 Å². The van der Waals surface area contributed by atoms with Gasteiger partial charge in [-0.15, -0.1) is 0 Å². The van der Waals surface area contributed by atoms with Crippen molar-refractivity contribution in [3.05, 3.63) is 21.8 Å². The number of hydrogen-bond donors (Lipinski definition) is 9. The standard InChI is InChI=1S/C13H16I3N3O5.C3H9NO2/c14-8-6(12(23)18-1-2-20)9(15)11(17)10(16)7(8)13(24)19-5(3-21)4-22;4-3(1-5)2-6/h5,20-22H,1-4,17H2,(H,18,23)(H,19,24);3,5-6H,1-2,4H2. The molecule has 172 valence electrons. The number of nitrogens with one attached hydrogen (secondary N) is 2. The summed E-state index contributed by atoms with van der Waals surface area (Å²) in [4.78, 5) is 24.8. The Hall–Kier alpha value is -0.0900. The molecule has 0 radical (unpaired) electrons. The highest BCUT2D eigenvalue weighted by Crippen LogP contribution is 2.33. The quantitative estimate of drug-likeness (QED) is 0.102. The van der Waals surface area contributed by atoms with E-state index < -0.39 is 37.1 Å². The van der Waals surface area contributed by atoms with Crippen molar-refractivity contribution in [2.45, 2.75) is 12.1 Å². The Kier molecular flexibility index (Phi) is 15.6. The van der Waals surface area contributed by atoms with Gasteiger partial charge in [0.25, 0.3) is 11.8 Å². The molecule has 0 heterocycles. The lowest BCUT2D eigenvalue weighted by molar-refractivity contribution is 0.0877. The molecule has 0 unspecified atom stereocenters. The van der Waals surface area contributed by atoms with E-state index in [1.807, 2.05) is 67.8 Å². The van der Waals surface area contributed by atoms with E-state index in [1.54, 1.807) is 0 Å². The minimum Gasteiger partial charge on any atom is -0.397 e. The summed E-state index contributed by atoms with van der Waals surface area (Å²) in [5, 5.41) is 48.2. The predicted molar refractivity (Wildman–Crippen MR) is 136 cm³/mol. The molecular formula is C16H25I3N4O7. The lowest BCUT2D eigenvalue weighted by atomic mass is 10.1. The first-order valence-electron chi connectivity index (χ1n) is 8.45. The molecule has 0 saturated heterocycles. The summed E-state index contributed by atoms with van der Waals surface area (Å²) in [6.07, 6.45) is 0. The van der Waals surface area contributed by atoms with Crippen LogP contribution in [0, 0.1) is 10.7 Å². The molecule has 14 heteroatoms. The summed E-state index contributed by atoms with van der Waals surface area (Å²) in [5.41, 5.74) is 11.7. The number of aliphatic hydroxyl groups is 5. The van der Waals surface area contributed by atoms with Gasteiger partial charge < -0.3 is 47.6 Å². The molecule has 1 rings (SSSR count). The number of carbonyl (C=O) groups is 2. The maximum atomic E-state index is 12.5. The fraction of sp³-hybridized carbons (Fsp3) is 0.500. The van der Waals surface area contributed by atoms with Gasteiger partial charge in [-0.2, -0.15) is 0 Å². The van der Waals surface area contributed by atoms with Gasteiger partial charge in [-0.3, -0.25) is 9.59 Å². The van der Waals surface area contributed by atoms with Crippen molar-refractivity contribution in [2.75, 3.05) is 45.3 Å². The van der Waals surface area contributed by atoms with Crippen molar-refractivity contribution in [1.29, 1.82) is 0 Å². The number of hydrogen-bond acceptors (Lipinski definition) is 9. The smallest absolute Gasteiger partial charge is 0.253 e. The third kappa shape index (κ3) is 8.81. The molecule has 1 aromatic rings. The Morgan fingerprint density at radius 3 is 1.67 bits per heavy atom. The zero-order chi connectivity index (χ0) is 23.4. The van der Waals surface area contributed by atoms with Crippen LogP contribution < -0.4 is 22.1 Å². The van der Waals surface area contributed by atoms with E-state index >= 15 is 0 Å². The van der Waals surface area contributed by atoms with Crippen molar-refractivity contribution < 1.29 is 35.1 Å². The molecule has 1 aromatic carbocycles. The zero-order valence-corrected chi connectivity index (χ0v) is 22.2. The predicted octanol–water partition coefficient (Wildman–Crippen LogP) is -1.81. The highest BCUT2D eigenvalue weighted by molar-refractivity contribution is 14.1. The van der Waals surface area contributed by atoms with Crippen LogP contribution in [0.4, 0.5) is 5.69 Å². The van der Waals surface area contributed by atoms with E-state index in [9.17, 15) is 9.59 Å². The number of nitrogen functional groups attached to an aromatic ring is 1. The molecule has 11 nitrogen and oxygen atoms in total. The highest BCUT2D eigenvalue weighted by Gasteiger charge is 2.27. The van der Waals surface area contributed by atoms with Crippen molar-refractivity contribution in [1.82, 2.24) is 10.6 Å². The lowest BCUT2D eigenvalue weighted by Gasteiger charge is -2.19. The molecule has 0 aliphatic rings. The summed E-state index contributed by atoms with van der Waals surface area (Å²) in [6.45, 7) is -1.25. The van der Waals surface area contributed by atoms with Crippen LogP contribution in [0.1, 0.15) is 20.7 Å². The van der Waals surface area contributed by atoms with Crippen LogP contribution in [0.3, 0.4) is 0 Å².